The van der Waals surface area contributed by atoms with Crippen LogP contribution in [-0.2, 0) is 11.2 Å². The second kappa shape index (κ2) is 5.69. The van der Waals surface area contributed by atoms with Crippen LogP contribution in [0.25, 0.3) is 0 Å². The predicted molar refractivity (Wildman–Crippen MR) is 73.2 cm³/mol. The van der Waals surface area contributed by atoms with E-state index < -0.39 is 5.97 Å². The summed E-state index contributed by atoms with van der Waals surface area (Å²) in [5.41, 5.74) is 0.788. The third-order valence-electron chi connectivity index (χ3n) is 3.59. The van der Waals surface area contributed by atoms with E-state index in [2.05, 4.69) is 17.2 Å². The maximum absolute atomic E-state index is 11.1. The van der Waals surface area contributed by atoms with Gasteiger partial charge in [0.15, 0.2) is 5.13 Å². The summed E-state index contributed by atoms with van der Waals surface area (Å²) in [4.78, 5) is 15.6. The van der Waals surface area contributed by atoms with Crippen molar-refractivity contribution in [1.82, 2.24) is 4.98 Å². The van der Waals surface area contributed by atoms with Crippen LogP contribution in [0.1, 0.15) is 51.1 Å². The Kier molecular flexibility index (Phi) is 4.22. The van der Waals surface area contributed by atoms with Gasteiger partial charge in [-0.05, 0) is 19.3 Å². The maximum Gasteiger partial charge on any atom is 0.305 e. The first kappa shape index (κ1) is 13.3. The van der Waals surface area contributed by atoms with Gasteiger partial charge in [0.1, 0.15) is 0 Å². The number of aliphatic carboxylic acids is 1. The first-order chi connectivity index (χ1) is 8.63. The van der Waals surface area contributed by atoms with E-state index in [0.717, 1.165) is 42.9 Å². The van der Waals surface area contributed by atoms with Crippen LogP contribution in [0.4, 0.5) is 5.13 Å². The first-order valence-electron chi connectivity index (χ1n) is 6.58. The Balaban J connectivity index is 2.10. The Morgan fingerprint density at radius 3 is 2.78 bits per heavy atom. The summed E-state index contributed by atoms with van der Waals surface area (Å²) < 4.78 is 0. The second-order valence-electron chi connectivity index (χ2n) is 5.03. The zero-order chi connectivity index (χ0) is 13.0. The molecule has 1 saturated carbocycles. The van der Waals surface area contributed by atoms with Crippen LogP contribution in [0.2, 0.25) is 0 Å². The van der Waals surface area contributed by atoms with Crippen LogP contribution in [0.5, 0.6) is 0 Å². The van der Waals surface area contributed by atoms with Gasteiger partial charge in [-0.1, -0.05) is 26.2 Å². The Hall–Kier alpha value is -1.10. The molecule has 1 fully saturated rings. The molecular formula is C13H20N2O2S. The van der Waals surface area contributed by atoms with Crippen molar-refractivity contribution in [3.05, 3.63) is 11.1 Å². The minimum atomic E-state index is -0.725. The molecule has 2 N–H and O–H groups in total. The number of anilines is 1. The molecule has 0 atom stereocenters. The van der Waals surface area contributed by atoms with E-state index in [9.17, 15) is 4.79 Å². The average Bonchev–Trinajstić information content (AvgIpc) is 2.76. The van der Waals surface area contributed by atoms with E-state index in [0.29, 0.717) is 0 Å². The Labute approximate surface area is 111 Å². The molecule has 1 heterocycles. The van der Waals surface area contributed by atoms with Crippen LogP contribution in [0.3, 0.4) is 0 Å². The van der Waals surface area contributed by atoms with Gasteiger partial charge < -0.3 is 10.4 Å². The molecule has 5 heteroatoms. The fourth-order valence-electron chi connectivity index (χ4n) is 2.62. The number of hydrogen-bond acceptors (Lipinski definition) is 4. The molecule has 4 nitrogen and oxygen atoms in total. The monoisotopic (exact) mass is 268 g/mol. The lowest BCUT2D eigenvalue weighted by atomic mass is 9.79. The number of carboxylic acid groups (broad SMARTS) is 1. The largest absolute Gasteiger partial charge is 0.481 e. The van der Waals surface area contributed by atoms with Gasteiger partial charge in [-0.3, -0.25) is 4.79 Å². The van der Waals surface area contributed by atoms with Crippen molar-refractivity contribution in [2.24, 2.45) is 0 Å². The summed E-state index contributed by atoms with van der Waals surface area (Å²) in [7, 11) is 0. The summed E-state index contributed by atoms with van der Waals surface area (Å²) in [5.74, 6) is -0.725. The molecule has 0 unspecified atom stereocenters. The first-order valence-corrected chi connectivity index (χ1v) is 7.46. The second-order valence-corrected chi connectivity index (χ2v) is 5.89. The van der Waals surface area contributed by atoms with Crippen LogP contribution in [0, 0.1) is 0 Å². The minimum absolute atomic E-state index is 0.189. The topological polar surface area (TPSA) is 62.2 Å². The lowest BCUT2D eigenvalue weighted by Gasteiger charge is -2.36. The highest BCUT2D eigenvalue weighted by Gasteiger charge is 2.34. The maximum atomic E-state index is 11.1. The Morgan fingerprint density at radius 1 is 1.50 bits per heavy atom. The number of hydrogen-bond donors (Lipinski definition) is 2. The molecule has 0 bridgehead atoms. The molecule has 1 aromatic heterocycles. The molecule has 0 aliphatic heterocycles. The van der Waals surface area contributed by atoms with Crippen LogP contribution < -0.4 is 5.32 Å². The van der Waals surface area contributed by atoms with Crippen molar-refractivity contribution in [1.29, 1.82) is 0 Å². The fraction of sp³-hybridized carbons (Fsp3) is 0.692. The highest BCUT2D eigenvalue weighted by Crippen LogP contribution is 2.35. The van der Waals surface area contributed by atoms with Crippen molar-refractivity contribution >= 4 is 22.4 Å². The molecule has 0 spiro atoms. The van der Waals surface area contributed by atoms with Gasteiger partial charge in [0.2, 0.25) is 0 Å². The molecular weight excluding hydrogens is 248 g/mol. The zero-order valence-corrected chi connectivity index (χ0v) is 11.6. The van der Waals surface area contributed by atoms with E-state index in [-0.39, 0.29) is 12.0 Å². The molecule has 1 aliphatic rings. The van der Waals surface area contributed by atoms with Crippen molar-refractivity contribution in [2.75, 3.05) is 5.32 Å². The lowest BCUT2D eigenvalue weighted by Crippen LogP contribution is -2.42. The van der Waals surface area contributed by atoms with Crippen molar-refractivity contribution in [3.63, 3.8) is 0 Å². The molecule has 1 aromatic rings. The van der Waals surface area contributed by atoms with Crippen LogP contribution in [0.15, 0.2) is 5.38 Å². The quantitative estimate of drug-likeness (QED) is 0.860. The fourth-order valence-corrected chi connectivity index (χ4v) is 3.53. The van der Waals surface area contributed by atoms with Crippen molar-refractivity contribution < 1.29 is 9.90 Å². The van der Waals surface area contributed by atoms with Crippen molar-refractivity contribution in [3.8, 4) is 0 Å². The molecule has 0 radical (unpaired) electrons. The number of nitrogens with zero attached hydrogens (tertiary/aromatic N) is 1. The van der Waals surface area contributed by atoms with Crippen molar-refractivity contribution in [2.45, 2.75) is 57.4 Å². The summed E-state index contributed by atoms with van der Waals surface area (Å²) in [6, 6.07) is 0. The number of carbonyl (C=O) groups is 1. The summed E-state index contributed by atoms with van der Waals surface area (Å²) in [6.07, 6.45) is 6.39. The van der Waals surface area contributed by atoms with Gasteiger partial charge in [-0.25, -0.2) is 4.98 Å². The van der Waals surface area contributed by atoms with E-state index in [1.807, 2.05) is 5.38 Å². The average molecular weight is 268 g/mol. The number of thiazole rings is 1. The van der Waals surface area contributed by atoms with Gasteiger partial charge in [0, 0.05) is 10.9 Å². The third-order valence-corrected chi connectivity index (χ3v) is 4.39. The number of aryl methyl sites for hydroxylation is 1. The van der Waals surface area contributed by atoms with Gasteiger partial charge in [-0.15, -0.1) is 11.3 Å². The molecule has 0 aromatic carbocycles. The van der Waals surface area contributed by atoms with E-state index in [1.54, 1.807) is 11.3 Å². The Morgan fingerprint density at radius 2 is 2.22 bits per heavy atom. The highest BCUT2D eigenvalue weighted by atomic mass is 32.1. The van der Waals surface area contributed by atoms with Gasteiger partial charge in [-0.2, -0.15) is 0 Å². The molecule has 18 heavy (non-hydrogen) atoms. The number of aromatic nitrogens is 1. The Bertz CT molecular complexity index is 411. The number of carboxylic acids is 1. The van der Waals surface area contributed by atoms with E-state index in [4.69, 9.17) is 5.11 Å². The smallest absolute Gasteiger partial charge is 0.305 e. The van der Waals surface area contributed by atoms with Gasteiger partial charge in [0.05, 0.1) is 12.1 Å². The highest BCUT2D eigenvalue weighted by molar-refractivity contribution is 7.13. The molecule has 1 aliphatic carbocycles. The third kappa shape index (κ3) is 3.22. The van der Waals surface area contributed by atoms with E-state index >= 15 is 0 Å². The minimum Gasteiger partial charge on any atom is -0.481 e. The lowest BCUT2D eigenvalue weighted by molar-refractivity contribution is -0.138. The summed E-state index contributed by atoms with van der Waals surface area (Å²) in [5, 5.41) is 15.4. The zero-order valence-electron chi connectivity index (χ0n) is 10.7. The van der Waals surface area contributed by atoms with Crippen LogP contribution >= 0.6 is 11.3 Å². The predicted octanol–water partition coefficient (Wildman–Crippen LogP) is 3.30. The normalized spacial score (nSPS) is 18.5. The van der Waals surface area contributed by atoms with E-state index in [1.165, 1.54) is 6.42 Å². The van der Waals surface area contributed by atoms with Gasteiger partial charge in [0.25, 0.3) is 0 Å². The number of rotatable bonds is 5. The number of nitrogens with one attached hydrogen (secondary N) is 1. The molecule has 100 valence electrons. The molecule has 0 saturated heterocycles. The summed E-state index contributed by atoms with van der Waals surface area (Å²) >= 11 is 1.58. The summed E-state index contributed by atoms with van der Waals surface area (Å²) in [6.45, 7) is 2.08. The van der Waals surface area contributed by atoms with Gasteiger partial charge >= 0.3 is 5.97 Å². The molecule has 2 rings (SSSR count). The SMILES string of the molecule is CCc1csc(NC2(CC(=O)O)CCCCC2)n1. The standard InChI is InChI=1S/C13H20N2O2S/c1-2-10-9-18-12(14-10)15-13(8-11(16)17)6-4-3-5-7-13/h9H,2-8H2,1H3,(H,14,15)(H,16,17). The van der Waals surface area contributed by atoms with Crippen LogP contribution in [-0.4, -0.2) is 21.6 Å². The molecule has 0 amide bonds.